The molecule has 0 bridgehead atoms. The van der Waals surface area contributed by atoms with Crippen LogP contribution in [0.25, 0.3) is 0 Å². The van der Waals surface area contributed by atoms with E-state index < -0.39 is 0 Å². The van der Waals surface area contributed by atoms with Gasteiger partial charge in [-0.15, -0.1) is 0 Å². The number of rotatable bonds is 6. The minimum Gasteiger partial charge on any atom is -0.354 e. The molecule has 3 heterocycles. The van der Waals surface area contributed by atoms with E-state index in [9.17, 15) is 4.79 Å². The fraction of sp³-hybridized carbons (Fsp3) is 0.792. The summed E-state index contributed by atoms with van der Waals surface area (Å²) in [5.74, 6) is 1.05. The third-order valence-electron chi connectivity index (χ3n) is 7.79. The molecule has 0 aromatic carbocycles. The second-order valence-corrected chi connectivity index (χ2v) is 9.87. The van der Waals surface area contributed by atoms with Crippen LogP contribution in [0.5, 0.6) is 0 Å². The Bertz CT molecular complexity index is 618. The molecule has 3 fully saturated rings. The van der Waals surface area contributed by atoms with E-state index in [1.54, 1.807) is 0 Å². The van der Waals surface area contributed by atoms with Gasteiger partial charge >= 0.3 is 0 Å². The first-order valence-corrected chi connectivity index (χ1v) is 11.7. The van der Waals surface area contributed by atoms with Gasteiger partial charge in [0.15, 0.2) is 0 Å². The van der Waals surface area contributed by atoms with Gasteiger partial charge in [-0.3, -0.25) is 4.79 Å². The van der Waals surface area contributed by atoms with E-state index >= 15 is 0 Å². The normalized spacial score (nSPS) is 27.9. The van der Waals surface area contributed by atoms with E-state index in [1.807, 2.05) is 0 Å². The smallest absolute Gasteiger partial charge is 0.222 e. The number of piperidine rings is 2. The van der Waals surface area contributed by atoms with Crippen molar-refractivity contribution < 1.29 is 4.79 Å². The van der Waals surface area contributed by atoms with Gasteiger partial charge in [-0.1, -0.05) is 25.7 Å². The highest BCUT2D eigenvalue weighted by molar-refractivity contribution is 5.76. The molecule has 2 unspecified atom stereocenters. The molecule has 4 rings (SSSR count). The average molecular weight is 386 g/mol. The first kappa shape index (κ1) is 20.0. The van der Waals surface area contributed by atoms with Crippen LogP contribution in [0.1, 0.15) is 70.6 Å². The molecule has 0 spiro atoms. The monoisotopic (exact) mass is 385 g/mol. The third kappa shape index (κ3) is 4.64. The van der Waals surface area contributed by atoms with Gasteiger partial charge in [-0.25, -0.2) is 0 Å². The summed E-state index contributed by atoms with van der Waals surface area (Å²) in [4.78, 5) is 18.1. The van der Waals surface area contributed by atoms with Gasteiger partial charge in [0, 0.05) is 45.0 Å². The Morgan fingerprint density at radius 3 is 2.54 bits per heavy atom. The summed E-state index contributed by atoms with van der Waals surface area (Å²) < 4.78 is 2.29. The van der Waals surface area contributed by atoms with E-state index in [4.69, 9.17) is 0 Å². The molecule has 1 aromatic rings. The summed E-state index contributed by atoms with van der Waals surface area (Å²) in [5, 5.41) is 0. The lowest BCUT2D eigenvalue weighted by Crippen LogP contribution is -2.51. The van der Waals surface area contributed by atoms with Crippen LogP contribution in [0.15, 0.2) is 24.5 Å². The van der Waals surface area contributed by atoms with Crippen molar-refractivity contribution in [1.29, 1.82) is 0 Å². The summed E-state index contributed by atoms with van der Waals surface area (Å²) in [6.45, 7) is 4.51. The highest BCUT2D eigenvalue weighted by atomic mass is 16.2. The van der Waals surface area contributed by atoms with Crippen LogP contribution < -0.4 is 0 Å². The number of aromatic nitrogens is 1. The van der Waals surface area contributed by atoms with Crippen molar-refractivity contribution in [3.8, 4) is 0 Å². The molecule has 28 heavy (non-hydrogen) atoms. The van der Waals surface area contributed by atoms with Crippen molar-refractivity contribution in [2.24, 2.45) is 11.3 Å². The Labute approximate surface area is 171 Å². The van der Waals surface area contributed by atoms with Crippen LogP contribution in [0.2, 0.25) is 0 Å². The van der Waals surface area contributed by atoms with Crippen molar-refractivity contribution >= 4 is 5.91 Å². The van der Waals surface area contributed by atoms with Gasteiger partial charge in [-0.2, -0.15) is 0 Å². The minimum absolute atomic E-state index is 0.159. The first-order chi connectivity index (χ1) is 13.7. The summed E-state index contributed by atoms with van der Waals surface area (Å²) in [5.41, 5.74) is 0.159. The zero-order valence-corrected chi connectivity index (χ0v) is 17.8. The van der Waals surface area contributed by atoms with Crippen LogP contribution in [0.3, 0.4) is 0 Å². The van der Waals surface area contributed by atoms with Gasteiger partial charge in [0.05, 0.1) is 0 Å². The van der Waals surface area contributed by atoms with E-state index in [-0.39, 0.29) is 5.41 Å². The first-order valence-electron chi connectivity index (χ1n) is 11.7. The van der Waals surface area contributed by atoms with Crippen molar-refractivity contribution in [2.45, 2.75) is 83.2 Å². The molecule has 1 aliphatic carbocycles. The second-order valence-electron chi connectivity index (χ2n) is 9.87. The SMILES string of the molecule is CN(CC1CCCN2CCCCC12)C(=O)CC1(Cn2cccc2)CCCCC1. The summed E-state index contributed by atoms with van der Waals surface area (Å²) in [6, 6.07) is 4.92. The molecule has 4 nitrogen and oxygen atoms in total. The Balaban J connectivity index is 1.38. The Hall–Kier alpha value is -1.29. The zero-order valence-electron chi connectivity index (χ0n) is 17.8. The maximum absolute atomic E-state index is 13.3. The summed E-state index contributed by atoms with van der Waals surface area (Å²) >= 11 is 0. The molecule has 156 valence electrons. The molecule has 2 saturated heterocycles. The topological polar surface area (TPSA) is 28.5 Å². The number of nitrogens with zero attached hydrogens (tertiary/aromatic N) is 3. The van der Waals surface area contributed by atoms with Crippen LogP contribution in [0, 0.1) is 11.3 Å². The van der Waals surface area contributed by atoms with Crippen molar-refractivity contribution in [2.75, 3.05) is 26.7 Å². The fourth-order valence-electron chi connectivity index (χ4n) is 6.25. The number of hydrogen-bond donors (Lipinski definition) is 0. The molecular formula is C24H39N3O. The highest BCUT2D eigenvalue weighted by Gasteiger charge is 2.37. The van der Waals surface area contributed by atoms with Crippen molar-refractivity contribution in [1.82, 2.24) is 14.4 Å². The predicted octanol–water partition coefficient (Wildman–Crippen LogP) is 4.55. The Morgan fingerprint density at radius 1 is 1.00 bits per heavy atom. The standard InChI is InChI=1S/C24H39N3O/c1-25(19-21-10-9-17-27-16-6-3-11-22(21)27)23(28)18-24(12-4-2-5-13-24)20-26-14-7-8-15-26/h7-8,14-15,21-22H,2-6,9-13,16-20H2,1H3. The molecule has 0 N–H and O–H groups in total. The molecule has 1 amide bonds. The fourth-order valence-corrected chi connectivity index (χ4v) is 6.25. The van der Waals surface area contributed by atoms with Crippen LogP contribution in [-0.2, 0) is 11.3 Å². The molecular weight excluding hydrogens is 346 g/mol. The Kier molecular flexibility index (Phi) is 6.45. The molecule has 3 aliphatic rings. The lowest BCUT2D eigenvalue weighted by atomic mass is 9.71. The zero-order chi connectivity index (χ0) is 19.4. The summed E-state index contributed by atoms with van der Waals surface area (Å²) in [7, 11) is 2.07. The number of fused-ring (bicyclic) bond motifs is 1. The number of hydrogen-bond acceptors (Lipinski definition) is 2. The third-order valence-corrected chi connectivity index (χ3v) is 7.79. The minimum atomic E-state index is 0.159. The average Bonchev–Trinajstić information content (AvgIpc) is 3.21. The van der Waals surface area contributed by atoms with Gasteiger partial charge in [0.1, 0.15) is 0 Å². The Morgan fingerprint density at radius 2 is 1.75 bits per heavy atom. The lowest BCUT2D eigenvalue weighted by Gasteiger charge is -2.45. The largest absolute Gasteiger partial charge is 0.354 e. The molecule has 1 aromatic heterocycles. The lowest BCUT2D eigenvalue weighted by molar-refractivity contribution is -0.134. The van der Waals surface area contributed by atoms with E-state index in [1.165, 1.54) is 77.3 Å². The van der Waals surface area contributed by atoms with Gasteiger partial charge in [-0.05, 0) is 75.1 Å². The van der Waals surface area contributed by atoms with Crippen molar-refractivity contribution in [3.63, 3.8) is 0 Å². The molecule has 4 heteroatoms. The molecule has 2 atom stereocenters. The predicted molar refractivity (Wildman–Crippen MR) is 114 cm³/mol. The molecule has 2 aliphatic heterocycles. The van der Waals surface area contributed by atoms with E-state index in [0.29, 0.717) is 11.8 Å². The maximum Gasteiger partial charge on any atom is 0.222 e. The van der Waals surface area contributed by atoms with Gasteiger partial charge < -0.3 is 14.4 Å². The molecule has 1 saturated carbocycles. The van der Waals surface area contributed by atoms with E-state index in [0.717, 1.165) is 25.6 Å². The second kappa shape index (κ2) is 9.02. The maximum atomic E-state index is 13.3. The van der Waals surface area contributed by atoms with Gasteiger partial charge in [0.2, 0.25) is 5.91 Å². The summed E-state index contributed by atoms with van der Waals surface area (Å²) in [6.07, 6.45) is 18.0. The highest BCUT2D eigenvalue weighted by Crippen LogP contribution is 2.41. The number of amides is 1. The van der Waals surface area contributed by atoms with Crippen LogP contribution in [-0.4, -0.2) is 53.0 Å². The number of carbonyl (C=O) groups is 1. The van der Waals surface area contributed by atoms with Gasteiger partial charge in [0.25, 0.3) is 0 Å². The van der Waals surface area contributed by atoms with Crippen LogP contribution in [0.4, 0.5) is 0 Å². The van der Waals surface area contributed by atoms with Crippen LogP contribution >= 0.6 is 0 Å². The van der Waals surface area contributed by atoms with Crippen molar-refractivity contribution in [3.05, 3.63) is 24.5 Å². The number of carbonyl (C=O) groups excluding carboxylic acids is 1. The van der Waals surface area contributed by atoms with E-state index in [2.05, 4.69) is 45.9 Å². The quantitative estimate of drug-likeness (QED) is 0.719. The molecule has 0 radical (unpaired) electrons.